The summed E-state index contributed by atoms with van der Waals surface area (Å²) in [5.74, 6) is -1.63. The number of carboxylic acids is 1. The third-order valence-corrected chi connectivity index (χ3v) is 3.60. The Kier molecular flexibility index (Phi) is 4.26. The van der Waals surface area contributed by atoms with E-state index in [2.05, 4.69) is 5.32 Å². The first-order valence-electron chi connectivity index (χ1n) is 6.79. The van der Waals surface area contributed by atoms with Gasteiger partial charge in [0.05, 0.1) is 0 Å². The molecule has 2 aromatic rings. The number of carbonyl (C=O) groups is 1. The molecule has 0 aliphatic rings. The molecule has 0 fully saturated rings. The summed E-state index contributed by atoms with van der Waals surface area (Å²) in [4.78, 5) is 12.0. The molecule has 4 heteroatoms. The molecule has 21 heavy (non-hydrogen) atoms. The van der Waals surface area contributed by atoms with E-state index in [1.165, 1.54) is 12.1 Å². The Morgan fingerprint density at radius 3 is 2.33 bits per heavy atom. The number of hydrogen-bond acceptors (Lipinski definition) is 2. The minimum atomic E-state index is -1.31. The number of anilines is 1. The van der Waals surface area contributed by atoms with Gasteiger partial charge in [-0.2, -0.15) is 0 Å². The third kappa shape index (κ3) is 2.89. The molecule has 0 radical (unpaired) electrons. The van der Waals surface area contributed by atoms with E-state index in [0.717, 1.165) is 0 Å². The van der Waals surface area contributed by atoms with Crippen molar-refractivity contribution in [2.24, 2.45) is 5.92 Å². The highest BCUT2D eigenvalue weighted by atomic mass is 19.1. The molecule has 110 valence electrons. The lowest BCUT2D eigenvalue weighted by molar-refractivity contribution is -0.144. The van der Waals surface area contributed by atoms with Gasteiger partial charge in [-0.05, 0) is 29.7 Å². The maximum absolute atomic E-state index is 13.4. The molecule has 2 aromatic carbocycles. The van der Waals surface area contributed by atoms with Crippen molar-refractivity contribution in [3.05, 3.63) is 66.0 Å². The SMILES string of the molecule is CC(C)C(Nc1cccc(F)c1)(C(=O)O)c1ccccc1. The maximum atomic E-state index is 13.4. The van der Waals surface area contributed by atoms with Crippen LogP contribution in [0.5, 0.6) is 0 Å². The summed E-state index contributed by atoms with van der Waals surface area (Å²) in [6.07, 6.45) is 0. The maximum Gasteiger partial charge on any atom is 0.334 e. The van der Waals surface area contributed by atoms with Crippen LogP contribution in [-0.4, -0.2) is 11.1 Å². The average Bonchev–Trinajstić information content (AvgIpc) is 2.45. The van der Waals surface area contributed by atoms with Crippen LogP contribution in [0.2, 0.25) is 0 Å². The van der Waals surface area contributed by atoms with Gasteiger partial charge in [-0.15, -0.1) is 0 Å². The Morgan fingerprint density at radius 2 is 1.81 bits per heavy atom. The Hall–Kier alpha value is -2.36. The van der Waals surface area contributed by atoms with Crippen molar-refractivity contribution in [3.63, 3.8) is 0 Å². The zero-order valence-electron chi connectivity index (χ0n) is 12.0. The van der Waals surface area contributed by atoms with Gasteiger partial charge in [0.15, 0.2) is 5.54 Å². The van der Waals surface area contributed by atoms with Crippen LogP contribution in [-0.2, 0) is 10.3 Å². The largest absolute Gasteiger partial charge is 0.479 e. The van der Waals surface area contributed by atoms with Gasteiger partial charge in [0.2, 0.25) is 0 Å². The predicted octanol–water partition coefficient (Wildman–Crippen LogP) is 3.87. The fraction of sp³-hybridized carbons (Fsp3) is 0.235. The van der Waals surface area contributed by atoms with E-state index in [9.17, 15) is 14.3 Å². The summed E-state index contributed by atoms with van der Waals surface area (Å²) in [6.45, 7) is 3.65. The van der Waals surface area contributed by atoms with Crippen LogP contribution >= 0.6 is 0 Å². The minimum Gasteiger partial charge on any atom is -0.479 e. The van der Waals surface area contributed by atoms with E-state index in [1.54, 1.807) is 36.4 Å². The van der Waals surface area contributed by atoms with Gasteiger partial charge in [-0.3, -0.25) is 0 Å². The molecular formula is C17H18FNO2. The number of benzene rings is 2. The molecule has 0 heterocycles. The molecule has 0 aliphatic heterocycles. The summed E-state index contributed by atoms with van der Waals surface area (Å²) in [5, 5.41) is 12.8. The monoisotopic (exact) mass is 287 g/mol. The van der Waals surface area contributed by atoms with Crippen molar-refractivity contribution in [2.45, 2.75) is 19.4 Å². The first-order chi connectivity index (χ1) is 9.96. The Balaban J connectivity index is 2.53. The number of rotatable bonds is 5. The molecule has 1 atom stereocenters. The number of carboxylic acid groups (broad SMARTS) is 1. The van der Waals surface area contributed by atoms with E-state index >= 15 is 0 Å². The molecule has 3 nitrogen and oxygen atoms in total. The Bertz CT molecular complexity index is 628. The fourth-order valence-electron chi connectivity index (χ4n) is 2.47. The highest BCUT2D eigenvalue weighted by Crippen LogP contribution is 2.34. The van der Waals surface area contributed by atoms with E-state index in [0.29, 0.717) is 11.3 Å². The summed E-state index contributed by atoms with van der Waals surface area (Å²) in [5.41, 5.74) is -0.235. The smallest absolute Gasteiger partial charge is 0.334 e. The third-order valence-electron chi connectivity index (χ3n) is 3.60. The second-order valence-corrected chi connectivity index (χ2v) is 5.27. The van der Waals surface area contributed by atoms with Crippen molar-refractivity contribution in [1.82, 2.24) is 0 Å². The summed E-state index contributed by atoms with van der Waals surface area (Å²) < 4.78 is 13.4. The quantitative estimate of drug-likeness (QED) is 0.877. The number of aliphatic carboxylic acids is 1. The van der Waals surface area contributed by atoms with Gasteiger partial charge in [-0.1, -0.05) is 50.2 Å². The van der Waals surface area contributed by atoms with Crippen LogP contribution in [0, 0.1) is 11.7 Å². The van der Waals surface area contributed by atoms with Crippen molar-refractivity contribution in [1.29, 1.82) is 0 Å². The second kappa shape index (κ2) is 5.95. The van der Waals surface area contributed by atoms with Crippen LogP contribution in [0.1, 0.15) is 19.4 Å². The normalized spacial score (nSPS) is 13.7. The molecule has 1 unspecified atom stereocenters. The average molecular weight is 287 g/mol. The van der Waals surface area contributed by atoms with Gasteiger partial charge < -0.3 is 10.4 Å². The zero-order valence-corrected chi connectivity index (χ0v) is 12.0. The van der Waals surface area contributed by atoms with Crippen molar-refractivity contribution in [2.75, 3.05) is 5.32 Å². The first kappa shape index (κ1) is 15.0. The highest BCUT2D eigenvalue weighted by molar-refractivity contribution is 5.85. The Morgan fingerprint density at radius 1 is 1.14 bits per heavy atom. The summed E-state index contributed by atoms with van der Waals surface area (Å²) >= 11 is 0. The molecule has 0 saturated heterocycles. The lowest BCUT2D eigenvalue weighted by Gasteiger charge is -2.35. The highest BCUT2D eigenvalue weighted by Gasteiger charge is 2.43. The lowest BCUT2D eigenvalue weighted by atomic mass is 9.79. The van der Waals surface area contributed by atoms with E-state index < -0.39 is 17.3 Å². The molecule has 0 aromatic heterocycles. The topological polar surface area (TPSA) is 49.3 Å². The van der Waals surface area contributed by atoms with Gasteiger partial charge in [0, 0.05) is 5.69 Å². The predicted molar refractivity (Wildman–Crippen MR) is 80.6 cm³/mol. The second-order valence-electron chi connectivity index (χ2n) is 5.27. The standard InChI is InChI=1S/C17H18FNO2/c1-12(2)17(16(20)21,13-7-4-3-5-8-13)19-15-10-6-9-14(18)11-15/h3-12,19H,1-2H3,(H,20,21). The summed E-state index contributed by atoms with van der Waals surface area (Å²) in [7, 11) is 0. The molecular weight excluding hydrogens is 269 g/mol. The molecule has 2 rings (SSSR count). The van der Waals surface area contributed by atoms with Crippen LogP contribution < -0.4 is 5.32 Å². The van der Waals surface area contributed by atoms with Gasteiger partial charge in [0.25, 0.3) is 0 Å². The first-order valence-corrected chi connectivity index (χ1v) is 6.79. The Labute approximate surface area is 123 Å². The lowest BCUT2D eigenvalue weighted by Crippen LogP contribution is -2.48. The number of halogens is 1. The summed E-state index contributed by atoms with van der Waals surface area (Å²) in [6, 6.07) is 14.8. The van der Waals surface area contributed by atoms with Crippen molar-refractivity contribution >= 4 is 11.7 Å². The van der Waals surface area contributed by atoms with Gasteiger partial charge >= 0.3 is 5.97 Å². The van der Waals surface area contributed by atoms with Gasteiger partial charge in [-0.25, -0.2) is 9.18 Å². The molecule has 0 saturated carbocycles. The molecule has 0 amide bonds. The zero-order chi connectivity index (χ0) is 15.5. The van der Waals surface area contributed by atoms with Crippen LogP contribution in [0.4, 0.5) is 10.1 Å². The van der Waals surface area contributed by atoms with Crippen LogP contribution in [0.15, 0.2) is 54.6 Å². The fourth-order valence-corrected chi connectivity index (χ4v) is 2.47. The molecule has 0 aliphatic carbocycles. The minimum absolute atomic E-state index is 0.235. The molecule has 0 spiro atoms. The van der Waals surface area contributed by atoms with E-state index in [-0.39, 0.29) is 5.92 Å². The van der Waals surface area contributed by atoms with E-state index in [1.807, 2.05) is 19.9 Å². The van der Waals surface area contributed by atoms with Crippen LogP contribution in [0.25, 0.3) is 0 Å². The van der Waals surface area contributed by atoms with Gasteiger partial charge in [0.1, 0.15) is 5.82 Å². The van der Waals surface area contributed by atoms with Crippen molar-refractivity contribution < 1.29 is 14.3 Å². The number of nitrogens with one attached hydrogen (secondary N) is 1. The van der Waals surface area contributed by atoms with Crippen molar-refractivity contribution in [3.8, 4) is 0 Å². The molecule has 0 bridgehead atoms. The number of hydrogen-bond donors (Lipinski definition) is 2. The molecule has 2 N–H and O–H groups in total. The van der Waals surface area contributed by atoms with E-state index in [4.69, 9.17) is 0 Å². The van der Waals surface area contributed by atoms with Crippen LogP contribution in [0.3, 0.4) is 0 Å².